The first-order valence-electron chi connectivity index (χ1n) is 7.25. The van der Waals surface area contributed by atoms with E-state index in [-0.39, 0.29) is 11.9 Å². The Balaban J connectivity index is 2.59. The van der Waals surface area contributed by atoms with Gasteiger partial charge >= 0.3 is 0 Å². The fourth-order valence-electron chi connectivity index (χ4n) is 1.94. The van der Waals surface area contributed by atoms with Crippen molar-refractivity contribution in [3.8, 4) is 0 Å². The van der Waals surface area contributed by atoms with Crippen molar-refractivity contribution in [2.45, 2.75) is 32.4 Å². The zero-order chi connectivity index (χ0) is 15.0. The first kappa shape index (κ1) is 16.7. The Bertz CT molecular complexity index is 392. The van der Waals surface area contributed by atoms with Crippen LogP contribution in [-0.2, 0) is 4.79 Å². The van der Waals surface area contributed by atoms with Gasteiger partial charge in [-0.1, -0.05) is 37.3 Å². The zero-order valence-electron chi connectivity index (χ0n) is 13.0. The van der Waals surface area contributed by atoms with Crippen molar-refractivity contribution in [2.24, 2.45) is 0 Å². The third-order valence-corrected chi connectivity index (χ3v) is 3.31. The average Bonchev–Trinajstić information content (AvgIpc) is 2.44. The monoisotopic (exact) mass is 277 g/mol. The average molecular weight is 277 g/mol. The number of hydrogen-bond donors (Lipinski definition) is 2. The number of nitrogens with zero attached hydrogens (tertiary/aromatic N) is 1. The third-order valence-electron chi connectivity index (χ3n) is 3.31. The molecule has 112 valence electrons. The van der Waals surface area contributed by atoms with Gasteiger partial charge in [0, 0.05) is 12.6 Å². The van der Waals surface area contributed by atoms with Gasteiger partial charge < -0.3 is 15.5 Å². The summed E-state index contributed by atoms with van der Waals surface area (Å²) in [5, 5.41) is 6.32. The second kappa shape index (κ2) is 8.72. The van der Waals surface area contributed by atoms with E-state index in [4.69, 9.17) is 0 Å². The van der Waals surface area contributed by atoms with Crippen LogP contribution >= 0.6 is 0 Å². The van der Waals surface area contributed by atoms with E-state index >= 15 is 0 Å². The molecule has 1 aromatic rings. The molecule has 1 rings (SSSR count). The summed E-state index contributed by atoms with van der Waals surface area (Å²) in [6.45, 7) is 5.35. The van der Waals surface area contributed by atoms with E-state index in [1.807, 2.05) is 32.3 Å². The molecule has 0 saturated heterocycles. The predicted octanol–water partition coefficient (Wildman–Crippen LogP) is 1.79. The van der Waals surface area contributed by atoms with Crippen LogP contribution in [0.4, 0.5) is 0 Å². The number of rotatable bonds is 8. The molecule has 4 nitrogen and oxygen atoms in total. The maximum Gasteiger partial charge on any atom is 0.234 e. The summed E-state index contributed by atoms with van der Waals surface area (Å²) < 4.78 is 0. The van der Waals surface area contributed by atoms with Gasteiger partial charge in [-0.25, -0.2) is 0 Å². The maximum absolute atomic E-state index is 12.0. The number of hydrogen-bond acceptors (Lipinski definition) is 3. The molecule has 2 N–H and O–H groups in total. The molecule has 0 aliphatic heterocycles. The number of nitrogens with one attached hydrogen (secondary N) is 2. The topological polar surface area (TPSA) is 44.4 Å². The lowest BCUT2D eigenvalue weighted by Gasteiger charge is -2.23. The van der Waals surface area contributed by atoms with Gasteiger partial charge in [-0.05, 0) is 33.0 Å². The predicted molar refractivity (Wildman–Crippen MR) is 83.6 cm³/mol. The number of amides is 1. The summed E-state index contributed by atoms with van der Waals surface area (Å²) in [4.78, 5) is 14.1. The lowest BCUT2D eigenvalue weighted by Crippen LogP contribution is -2.41. The van der Waals surface area contributed by atoms with Crippen molar-refractivity contribution < 1.29 is 4.79 Å². The van der Waals surface area contributed by atoms with Crippen LogP contribution in [0.3, 0.4) is 0 Å². The SMILES string of the molecule is CCC(C)NCC(=O)NC(CN(C)C)c1ccccc1. The summed E-state index contributed by atoms with van der Waals surface area (Å²) in [5.41, 5.74) is 1.14. The Morgan fingerprint density at radius 1 is 1.25 bits per heavy atom. The van der Waals surface area contributed by atoms with Gasteiger partial charge in [0.1, 0.15) is 0 Å². The van der Waals surface area contributed by atoms with E-state index in [1.165, 1.54) is 0 Å². The molecule has 0 bridgehead atoms. The molecule has 1 amide bonds. The fourth-order valence-corrected chi connectivity index (χ4v) is 1.94. The molecule has 0 aliphatic rings. The fraction of sp³-hybridized carbons (Fsp3) is 0.562. The molecule has 4 heteroatoms. The highest BCUT2D eigenvalue weighted by atomic mass is 16.2. The molecule has 0 saturated carbocycles. The molecule has 1 aromatic carbocycles. The molecule has 0 aromatic heterocycles. The van der Waals surface area contributed by atoms with Crippen LogP contribution in [0.1, 0.15) is 31.9 Å². The number of carbonyl (C=O) groups excluding carboxylic acids is 1. The molecule has 0 heterocycles. The molecule has 0 fully saturated rings. The lowest BCUT2D eigenvalue weighted by atomic mass is 10.1. The summed E-state index contributed by atoms with van der Waals surface area (Å²) in [5.74, 6) is 0.0426. The van der Waals surface area contributed by atoms with Crippen molar-refractivity contribution in [2.75, 3.05) is 27.2 Å². The van der Waals surface area contributed by atoms with E-state index in [2.05, 4.69) is 41.5 Å². The number of likely N-dealkylation sites (N-methyl/N-ethyl adjacent to an activating group) is 1. The van der Waals surface area contributed by atoms with Gasteiger partial charge in [-0.15, -0.1) is 0 Å². The summed E-state index contributed by atoms with van der Waals surface area (Å²) >= 11 is 0. The molecule has 20 heavy (non-hydrogen) atoms. The molecule has 0 aliphatic carbocycles. The minimum absolute atomic E-state index is 0.0254. The van der Waals surface area contributed by atoms with Crippen LogP contribution in [0.15, 0.2) is 30.3 Å². The molecule has 2 unspecified atom stereocenters. The van der Waals surface area contributed by atoms with Crippen molar-refractivity contribution in [3.05, 3.63) is 35.9 Å². The molecule has 2 atom stereocenters. The summed E-state index contributed by atoms with van der Waals surface area (Å²) in [6.07, 6.45) is 1.02. The van der Waals surface area contributed by atoms with E-state index < -0.39 is 0 Å². The third kappa shape index (κ3) is 6.17. The van der Waals surface area contributed by atoms with Gasteiger partial charge in [0.25, 0.3) is 0 Å². The Kier molecular flexibility index (Phi) is 7.26. The van der Waals surface area contributed by atoms with E-state index in [0.29, 0.717) is 12.6 Å². The van der Waals surface area contributed by atoms with Crippen LogP contribution in [-0.4, -0.2) is 44.0 Å². The highest BCUT2D eigenvalue weighted by Gasteiger charge is 2.15. The highest BCUT2D eigenvalue weighted by molar-refractivity contribution is 5.78. The largest absolute Gasteiger partial charge is 0.347 e. The highest BCUT2D eigenvalue weighted by Crippen LogP contribution is 2.12. The zero-order valence-corrected chi connectivity index (χ0v) is 13.0. The van der Waals surface area contributed by atoms with Gasteiger partial charge in [0.15, 0.2) is 0 Å². The standard InChI is InChI=1S/C16H27N3O/c1-5-13(2)17-11-16(20)18-15(12-19(3)4)14-9-7-6-8-10-14/h6-10,13,15,17H,5,11-12H2,1-4H3,(H,18,20). The van der Waals surface area contributed by atoms with Gasteiger partial charge in [0.05, 0.1) is 12.6 Å². The second-order valence-electron chi connectivity index (χ2n) is 5.48. The number of benzene rings is 1. The van der Waals surface area contributed by atoms with Gasteiger partial charge in [-0.3, -0.25) is 4.79 Å². The number of carbonyl (C=O) groups is 1. The van der Waals surface area contributed by atoms with Crippen LogP contribution in [0.25, 0.3) is 0 Å². The Hall–Kier alpha value is -1.39. The van der Waals surface area contributed by atoms with Crippen LogP contribution in [0.5, 0.6) is 0 Å². The maximum atomic E-state index is 12.0. The van der Waals surface area contributed by atoms with Crippen LogP contribution in [0, 0.1) is 0 Å². The molecule has 0 radical (unpaired) electrons. The van der Waals surface area contributed by atoms with Crippen LogP contribution in [0.2, 0.25) is 0 Å². The molecule has 0 spiro atoms. The normalized spacial score (nSPS) is 14.1. The smallest absolute Gasteiger partial charge is 0.234 e. The lowest BCUT2D eigenvalue weighted by molar-refractivity contribution is -0.121. The summed E-state index contributed by atoms with van der Waals surface area (Å²) in [7, 11) is 4.03. The summed E-state index contributed by atoms with van der Waals surface area (Å²) in [6, 6.07) is 10.5. The first-order valence-corrected chi connectivity index (χ1v) is 7.25. The quantitative estimate of drug-likeness (QED) is 0.761. The second-order valence-corrected chi connectivity index (χ2v) is 5.48. The Labute approximate surface area is 122 Å². The molecular formula is C16H27N3O. The van der Waals surface area contributed by atoms with Gasteiger partial charge in [-0.2, -0.15) is 0 Å². The van der Waals surface area contributed by atoms with E-state index in [0.717, 1.165) is 18.5 Å². The minimum atomic E-state index is 0.0254. The van der Waals surface area contributed by atoms with Crippen molar-refractivity contribution >= 4 is 5.91 Å². The Morgan fingerprint density at radius 2 is 1.90 bits per heavy atom. The van der Waals surface area contributed by atoms with Crippen molar-refractivity contribution in [1.29, 1.82) is 0 Å². The van der Waals surface area contributed by atoms with E-state index in [1.54, 1.807) is 0 Å². The van der Waals surface area contributed by atoms with Crippen molar-refractivity contribution in [3.63, 3.8) is 0 Å². The van der Waals surface area contributed by atoms with Gasteiger partial charge in [0.2, 0.25) is 5.91 Å². The van der Waals surface area contributed by atoms with E-state index in [9.17, 15) is 4.79 Å². The minimum Gasteiger partial charge on any atom is -0.347 e. The van der Waals surface area contributed by atoms with Crippen LogP contribution < -0.4 is 10.6 Å². The van der Waals surface area contributed by atoms with Crippen molar-refractivity contribution in [1.82, 2.24) is 15.5 Å². The Morgan fingerprint density at radius 3 is 2.45 bits per heavy atom. The molecular weight excluding hydrogens is 250 g/mol. The first-order chi connectivity index (χ1) is 9.52.